The summed E-state index contributed by atoms with van der Waals surface area (Å²) in [7, 11) is 0. The molecule has 0 spiro atoms. The van der Waals surface area contributed by atoms with Gasteiger partial charge in [-0.2, -0.15) is 0 Å². The maximum atomic E-state index is 3.41. The van der Waals surface area contributed by atoms with Crippen LogP contribution in [0.1, 0.15) is 18.7 Å². The van der Waals surface area contributed by atoms with Gasteiger partial charge in [-0.25, -0.2) is 0 Å². The Morgan fingerprint density at radius 2 is 2.22 bits per heavy atom. The Kier molecular flexibility index (Phi) is 5.17. The lowest BCUT2D eigenvalue weighted by Gasteiger charge is -2.03. The molecule has 3 heteroatoms. The minimum absolute atomic E-state index is 0.713. The van der Waals surface area contributed by atoms with E-state index in [0.29, 0.717) is 5.92 Å². The van der Waals surface area contributed by atoms with Crippen LogP contribution in [0.15, 0.2) is 35.0 Å². The fraction of sp³-hybridized carbons (Fsp3) is 0.333. The second-order valence-electron chi connectivity index (χ2n) is 4.67. The van der Waals surface area contributed by atoms with E-state index in [4.69, 9.17) is 0 Å². The zero-order chi connectivity index (χ0) is 12.8. The summed E-state index contributed by atoms with van der Waals surface area (Å²) in [6, 6.07) is 6.53. The van der Waals surface area contributed by atoms with E-state index in [0.717, 1.165) is 13.1 Å². The Morgan fingerprint density at radius 1 is 1.33 bits per heavy atom. The predicted octanol–water partition coefficient (Wildman–Crippen LogP) is 4.74. The summed E-state index contributed by atoms with van der Waals surface area (Å²) >= 11 is 3.60. The summed E-state index contributed by atoms with van der Waals surface area (Å²) in [5.74, 6) is 0.713. The number of nitrogens with one attached hydrogen (secondary N) is 1. The van der Waals surface area contributed by atoms with Gasteiger partial charge < -0.3 is 5.32 Å². The first-order valence-corrected chi connectivity index (χ1v) is 8.01. The first-order valence-electron chi connectivity index (χ1n) is 6.25. The minimum Gasteiger partial charge on any atom is -0.313 e. The lowest BCUT2D eigenvalue weighted by molar-refractivity contribution is 0.577. The molecule has 0 amide bonds. The zero-order valence-corrected chi connectivity index (χ0v) is 12.5. The van der Waals surface area contributed by atoms with Gasteiger partial charge in [-0.15, -0.1) is 22.7 Å². The summed E-state index contributed by atoms with van der Waals surface area (Å²) in [6.45, 7) is 6.48. The second-order valence-corrected chi connectivity index (χ2v) is 6.56. The Balaban J connectivity index is 1.85. The summed E-state index contributed by atoms with van der Waals surface area (Å²) in [4.78, 5) is 2.67. The molecule has 0 aliphatic carbocycles. The monoisotopic (exact) mass is 277 g/mol. The van der Waals surface area contributed by atoms with Crippen molar-refractivity contribution >= 4 is 28.7 Å². The van der Waals surface area contributed by atoms with Crippen LogP contribution >= 0.6 is 22.7 Å². The molecule has 0 fully saturated rings. The molecule has 0 aromatic carbocycles. The normalized spacial score (nSPS) is 11.7. The Bertz CT molecular complexity index is 480. The van der Waals surface area contributed by atoms with Gasteiger partial charge in [0.25, 0.3) is 0 Å². The van der Waals surface area contributed by atoms with Gasteiger partial charge in [-0.05, 0) is 41.4 Å². The minimum atomic E-state index is 0.713. The van der Waals surface area contributed by atoms with Gasteiger partial charge in [-0.1, -0.05) is 26.0 Å². The number of hydrogen-bond acceptors (Lipinski definition) is 3. The molecule has 2 aromatic heterocycles. The molecule has 0 aliphatic rings. The maximum absolute atomic E-state index is 3.41. The van der Waals surface area contributed by atoms with Gasteiger partial charge in [0.05, 0.1) is 0 Å². The molecule has 1 N–H and O–H groups in total. The van der Waals surface area contributed by atoms with Crippen molar-refractivity contribution in [2.24, 2.45) is 5.92 Å². The quantitative estimate of drug-likeness (QED) is 0.752. The van der Waals surface area contributed by atoms with E-state index in [-0.39, 0.29) is 0 Å². The molecule has 0 saturated carbocycles. The van der Waals surface area contributed by atoms with Crippen LogP contribution in [0.2, 0.25) is 0 Å². The van der Waals surface area contributed by atoms with Crippen molar-refractivity contribution in [3.63, 3.8) is 0 Å². The van der Waals surface area contributed by atoms with Gasteiger partial charge in [0, 0.05) is 21.9 Å². The highest BCUT2D eigenvalue weighted by Gasteiger charge is 2.00. The third-order valence-corrected chi connectivity index (χ3v) is 4.34. The van der Waals surface area contributed by atoms with Crippen LogP contribution in [-0.4, -0.2) is 13.1 Å². The zero-order valence-electron chi connectivity index (χ0n) is 10.8. The lowest BCUT2D eigenvalue weighted by Crippen LogP contribution is -2.19. The van der Waals surface area contributed by atoms with Crippen LogP contribution in [0.25, 0.3) is 16.5 Å². The second kappa shape index (κ2) is 6.88. The molecular weight excluding hydrogens is 258 g/mol. The van der Waals surface area contributed by atoms with Crippen LogP contribution in [-0.2, 0) is 0 Å². The van der Waals surface area contributed by atoms with Crippen LogP contribution in [0, 0.1) is 5.92 Å². The molecule has 1 nitrogen and oxygen atoms in total. The topological polar surface area (TPSA) is 12.0 Å². The smallest absolute Gasteiger partial charge is 0.0351 e. The largest absolute Gasteiger partial charge is 0.313 e. The SMILES string of the molecule is CC(C)CNCC=Cc1cc(-c2cccs2)cs1. The number of thiophene rings is 2. The van der Waals surface area contributed by atoms with Crippen molar-refractivity contribution in [2.75, 3.05) is 13.1 Å². The molecule has 0 atom stereocenters. The third-order valence-electron chi connectivity index (χ3n) is 2.52. The Labute approximate surface area is 117 Å². The van der Waals surface area contributed by atoms with Crippen molar-refractivity contribution < 1.29 is 0 Å². The lowest BCUT2D eigenvalue weighted by atomic mass is 10.2. The maximum Gasteiger partial charge on any atom is 0.0351 e. The molecule has 0 unspecified atom stereocenters. The third kappa shape index (κ3) is 4.09. The predicted molar refractivity (Wildman–Crippen MR) is 84.4 cm³/mol. The van der Waals surface area contributed by atoms with Crippen molar-refractivity contribution in [2.45, 2.75) is 13.8 Å². The van der Waals surface area contributed by atoms with E-state index in [2.05, 4.69) is 60.3 Å². The fourth-order valence-electron chi connectivity index (χ4n) is 1.64. The molecule has 96 valence electrons. The standard InChI is InChI=1S/C15H19NS2/c1-12(2)10-16-7-3-5-14-9-13(11-18-14)15-6-4-8-17-15/h3-6,8-9,11-12,16H,7,10H2,1-2H3. The van der Waals surface area contributed by atoms with Crippen LogP contribution in [0.4, 0.5) is 0 Å². The van der Waals surface area contributed by atoms with Crippen molar-refractivity contribution in [1.29, 1.82) is 0 Å². The van der Waals surface area contributed by atoms with E-state index in [9.17, 15) is 0 Å². The first-order chi connectivity index (χ1) is 8.75. The van der Waals surface area contributed by atoms with Gasteiger partial charge in [0.1, 0.15) is 0 Å². The van der Waals surface area contributed by atoms with Crippen LogP contribution < -0.4 is 5.32 Å². The van der Waals surface area contributed by atoms with Gasteiger partial charge in [0.15, 0.2) is 0 Å². The van der Waals surface area contributed by atoms with E-state index in [1.807, 2.05) is 0 Å². The summed E-state index contributed by atoms with van der Waals surface area (Å²) in [5, 5.41) is 7.76. The fourth-order valence-corrected chi connectivity index (χ4v) is 3.26. The van der Waals surface area contributed by atoms with E-state index < -0.39 is 0 Å². The van der Waals surface area contributed by atoms with E-state index >= 15 is 0 Å². The average molecular weight is 277 g/mol. The molecule has 0 bridgehead atoms. The summed E-state index contributed by atoms with van der Waals surface area (Å²) in [5.41, 5.74) is 1.34. The van der Waals surface area contributed by atoms with Gasteiger partial charge in [-0.3, -0.25) is 0 Å². The van der Waals surface area contributed by atoms with Crippen molar-refractivity contribution in [3.8, 4) is 10.4 Å². The molecular formula is C15H19NS2. The molecule has 0 aliphatic heterocycles. The summed E-state index contributed by atoms with van der Waals surface area (Å²) < 4.78 is 0. The van der Waals surface area contributed by atoms with Gasteiger partial charge in [0.2, 0.25) is 0 Å². The summed E-state index contributed by atoms with van der Waals surface area (Å²) in [6.07, 6.45) is 4.40. The van der Waals surface area contributed by atoms with Gasteiger partial charge >= 0.3 is 0 Å². The molecule has 0 saturated heterocycles. The van der Waals surface area contributed by atoms with Crippen molar-refractivity contribution in [3.05, 3.63) is 39.9 Å². The highest BCUT2D eigenvalue weighted by atomic mass is 32.1. The Morgan fingerprint density at radius 3 is 2.94 bits per heavy atom. The number of hydrogen-bond donors (Lipinski definition) is 1. The highest BCUT2D eigenvalue weighted by molar-refractivity contribution is 7.15. The molecule has 2 heterocycles. The highest BCUT2D eigenvalue weighted by Crippen LogP contribution is 2.29. The van der Waals surface area contributed by atoms with Crippen LogP contribution in [0.3, 0.4) is 0 Å². The molecule has 2 rings (SSSR count). The molecule has 18 heavy (non-hydrogen) atoms. The Hall–Kier alpha value is -0.900. The first kappa shape index (κ1) is 13.5. The molecule has 2 aromatic rings. The van der Waals surface area contributed by atoms with Crippen molar-refractivity contribution in [1.82, 2.24) is 5.32 Å². The van der Waals surface area contributed by atoms with E-state index in [1.165, 1.54) is 15.3 Å². The number of rotatable bonds is 6. The van der Waals surface area contributed by atoms with Crippen LogP contribution in [0.5, 0.6) is 0 Å². The molecule has 0 radical (unpaired) electrons. The average Bonchev–Trinajstić information content (AvgIpc) is 2.98. The van der Waals surface area contributed by atoms with E-state index in [1.54, 1.807) is 22.7 Å².